The molecule has 0 bridgehead atoms. The molecule has 0 aromatic heterocycles. The highest BCUT2D eigenvalue weighted by molar-refractivity contribution is 5.92. The van der Waals surface area contributed by atoms with Crippen molar-refractivity contribution in [2.75, 3.05) is 6.61 Å². The molecule has 0 atom stereocenters. The monoisotopic (exact) mass is 284 g/mol. The van der Waals surface area contributed by atoms with Gasteiger partial charge in [0.2, 0.25) is 5.91 Å². The van der Waals surface area contributed by atoms with Crippen molar-refractivity contribution in [1.82, 2.24) is 5.32 Å². The van der Waals surface area contributed by atoms with Gasteiger partial charge in [-0.1, -0.05) is 24.3 Å². The first-order valence-electron chi connectivity index (χ1n) is 7.00. The van der Waals surface area contributed by atoms with Gasteiger partial charge in [-0.25, -0.2) is 0 Å². The number of nitrogens with one attached hydrogen (secondary N) is 1. The van der Waals surface area contributed by atoms with E-state index in [4.69, 9.17) is 10.5 Å². The lowest BCUT2D eigenvalue weighted by Crippen LogP contribution is -2.15. The summed E-state index contributed by atoms with van der Waals surface area (Å²) in [4.78, 5) is 11.1. The Hall–Kier alpha value is -2.33. The van der Waals surface area contributed by atoms with E-state index in [1.54, 1.807) is 6.07 Å². The molecule has 2 aromatic rings. The molecule has 0 aliphatic carbocycles. The Bertz CT molecular complexity index is 611. The molecule has 0 saturated carbocycles. The fraction of sp³-hybridized carbons (Fsp3) is 0.235. The maximum Gasteiger partial charge on any atom is 0.248 e. The number of benzene rings is 2. The number of primary amides is 1. The van der Waals surface area contributed by atoms with Gasteiger partial charge in [0.25, 0.3) is 0 Å². The summed E-state index contributed by atoms with van der Waals surface area (Å²) >= 11 is 0. The van der Waals surface area contributed by atoms with Crippen LogP contribution in [0.5, 0.6) is 5.75 Å². The molecule has 0 saturated heterocycles. The number of carbonyl (C=O) groups is 1. The van der Waals surface area contributed by atoms with E-state index in [0.29, 0.717) is 18.7 Å². The number of hydrogen-bond donors (Lipinski definition) is 2. The van der Waals surface area contributed by atoms with Crippen LogP contribution in [0.2, 0.25) is 0 Å². The summed E-state index contributed by atoms with van der Waals surface area (Å²) in [5.41, 5.74) is 8.00. The van der Waals surface area contributed by atoms with Gasteiger partial charge in [-0.3, -0.25) is 4.79 Å². The van der Waals surface area contributed by atoms with Crippen LogP contribution >= 0.6 is 0 Å². The van der Waals surface area contributed by atoms with Gasteiger partial charge in [0, 0.05) is 18.7 Å². The van der Waals surface area contributed by atoms with Crippen LogP contribution in [0.4, 0.5) is 0 Å². The smallest absolute Gasteiger partial charge is 0.248 e. The van der Waals surface area contributed by atoms with Gasteiger partial charge in [-0.05, 0) is 42.3 Å². The molecule has 21 heavy (non-hydrogen) atoms. The van der Waals surface area contributed by atoms with E-state index in [-0.39, 0.29) is 0 Å². The van der Waals surface area contributed by atoms with E-state index in [0.717, 1.165) is 23.4 Å². The molecule has 3 N–H and O–H groups in total. The second-order valence-corrected chi connectivity index (χ2v) is 4.75. The van der Waals surface area contributed by atoms with Gasteiger partial charge >= 0.3 is 0 Å². The van der Waals surface area contributed by atoms with E-state index >= 15 is 0 Å². The third-order valence-corrected chi connectivity index (χ3v) is 3.08. The Morgan fingerprint density at radius 2 is 1.76 bits per heavy atom. The van der Waals surface area contributed by atoms with E-state index < -0.39 is 5.91 Å². The Morgan fingerprint density at radius 3 is 2.43 bits per heavy atom. The van der Waals surface area contributed by atoms with Crippen molar-refractivity contribution in [2.45, 2.75) is 20.0 Å². The van der Waals surface area contributed by atoms with Crippen LogP contribution in [0.3, 0.4) is 0 Å². The topological polar surface area (TPSA) is 64.3 Å². The normalized spacial score (nSPS) is 10.3. The molecule has 4 nitrogen and oxygen atoms in total. The predicted molar refractivity (Wildman–Crippen MR) is 83.1 cm³/mol. The summed E-state index contributed by atoms with van der Waals surface area (Å²) in [6.07, 6.45) is 0. The lowest BCUT2D eigenvalue weighted by Gasteiger charge is -2.08. The van der Waals surface area contributed by atoms with Crippen LogP contribution < -0.4 is 15.8 Å². The van der Waals surface area contributed by atoms with Crippen LogP contribution in [0, 0.1) is 0 Å². The lowest BCUT2D eigenvalue weighted by atomic mass is 10.1. The Labute approximate surface area is 124 Å². The minimum Gasteiger partial charge on any atom is -0.494 e. The standard InChI is InChI=1S/C17H20N2O2/c1-2-21-16-8-4-6-14(10-16)12-19-11-13-5-3-7-15(9-13)17(18)20/h3-10,19H,2,11-12H2,1H3,(H2,18,20). The zero-order valence-electron chi connectivity index (χ0n) is 12.1. The molecule has 1 amide bonds. The second-order valence-electron chi connectivity index (χ2n) is 4.75. The average Bonchev–Trinajstić information content (AvgIpc) is 2.48. The maximum atomic E-state index is 11.1. The van der Waals surface area contributed by atoms with Crippen molar-refractivity contribution in [3.8, 4) is 5.75 Å². The molecule has 0 spiro atoms. The summed E-state index contributed by atoms with van der Waals surface area (Å²) in [5.74, 6) is 0.480. The average molecular weight is 284 g/mol. The highest BCUT2D eigenvalue weighted by Crippen LogP contribution is 2.13. The predicted octanol–water partition coefficient (Wildman–Crippen LogP) is 2.47. The summed E-state index contributed by atoms with van der Waals surface area (Å²) in [5, 5.41) is 3.35. The number of carbonyl (C=O) groups excluding carboxylic acids is 1. The zero-order valence-corrected chi connectivity index (χ0v) is 12.1. The molecule has 4 heteroatoms. The molecule has 0 heterocycles. The molecule has 2 aromatic carbocycles. The van der Waals surface area contributed by atoms with E-state index in [9.17, 15) is 4.79 Å². The van der Waals surface area contributed by atoms with E-state index in [2.05, 4.69) is 11.4 Å². The molecular weight excluding hydrogens is 264 g/mol. The highest BCUT2D eigenvalue weighted by Gasteiger charge is 2.01. The van der Waals surface area contributed by atoms with Crippen LogP contribution in [-0.4, -0.2) is 12.5 Å². The van der Waals surface area contributed by atoms with Crippen LogP contribution in [0.1, 0.15) is 28.4 Å². The van der Waals surface area contributed by atoms with Gasteiger partial charge in [0.1, 0.15) is 5.75 Å². The molecule has 0 aliphatic heterocycles. The van der Waals surface area contributed by atoms with Crippen molar-refractivity contribution in [3.05, 3.63) is 65.2 Å². The van der Waals surface area contributed by atoms with Crippen LogP contribution in [-0.2, 0) is 13.1 Å². The Morgan fingerprint density at radius 1 is 1.10 bits per heavy atom. The van der Waals surface area contributed by atoms with Crippen molar-refractivity contribution in [3.63, 3.8) is 0 Å². The summed E-state index contributed by atoms with van der Waals surface area (Å²) in [7, 11) is 0. The number of nitrogens with two attached hydrogens (primary N) is 1. The molecular formula is C17H20N2O2. The first kappa shape index (κ1) is 15.1. The highest BCUT2D eigenvalue weighted by atomic mass is 16.5. The summed E-state index contributed by atoms with van der Waals surface area (Å²) in [6, 6.07) is 15.3. The molecule has 110 valence electrons. The van der Waals surface area contributed by atoms with Crippen LogP contribution in [0.25, 0.3) is 0 Å². The molecule has 2 rings (SSSR count). The fourth-order valence-corrected chi connectivity index (χ4v) is 2.10. The van der Waals surface area contributed by atoms with Gasteiger partial charge in [0.05, 0.1) is 6.61 Å². The Kier molecular flexibility index (Phi) is 5.35. The molecule has 0 unspecified atom stereocenters. The van der Waals surface area contributed by atoms with Crippen LogP contribution in [0.15, 0.2) is 48.5 Å². The van der Waals surface area contributed by atoms with E-state index in [1.165, 1.54) is 0 Å². The largest absolute Gasteiger partial charge is 0.494 e. The van der Waals surface area contributed by atoms with Gasteiger partial charge in [-0.15, -0.1) is 0 Å². The summed E-state index contributed by atoms with van der Waals surface area (Å²) < 4.78 is 5.47. The minimum absolute atomic E-state index is 0.402. The molecule has 0 fully saturated rings. The first-order chi connectivity index (χ1) is 10.2. The maximum absolute atomic E-state index is 11.1. The fourth-order valence-electron chi connectivity index (χ4n) is 2.10. The molecule has 0 radical (unpaired) electrons. The third kappa shape index (κ3) is 4.61. The number of hydrogen-bond acceptors (Lipinski definition) is 3. The van der Waals surface area contributed by atoms with Crippen molar-refractivity contribution >= 4 is 5.91 Å². The lowest BCUT2D eigenvalue weighted by molar-refractivity contribution is 0.1000. The number of rotatable bonds is 7. The van der Waals surface area contributed by atoms with Gasteiger partial charge < -0.3 is 15.8 Å². The third-order valence-electron chi connectivity index (χ3n) is 3.08. The summed E-state index contributed by atoms with van der Waals surface area (Å²) in [6.45, 7) is 4.05. The van der Waals surface area contributed by atoms with Gasteiger partial charge in [-0.2, -0.15) is 0 Å². The number of amides is 1. The van der Waals surface area contributed by atoms with Crippen molar-refractivity contribution < 1.29 is 9.53 Å². The van der Waals surface area contributed by atoms with Crippen molar-refractivity contribution in [2.24, 2.45) is 5.73 Å². The van der Waals surface area contributed by atoms with Gasteiger partial charge in [0.15, 0.2) is 0 Å². The Balaban J connectivity index is 1.90. The first-order valence-corrected chi connectivity index (χ1v) is 7.00. The minimum atomic E-state index is -0.402. The molecule has 0 aliphatic rings. The SMILES string of the molecule is CCOc1cccc(CNCc2cccc(C(N)=O)c2)c1. The zero-order chi connectivity index (χ0) is 15.1. The second kappa shape index (κ2) is 7.45. The number of ether oxygens (including phenoxy) is 1. The van der Waals surface area contributed by atoms with Crippen molar-refractivity contribution in [1.29, 1.82) is 0 Å². The van der Waals surface area contributed by atoms with E-state index in [1.807, 2.05) is 43.3 Å². The quantitative estimate of drug-likeness (QED) is 0.821.